The van der Waals surface area contributed by atoms with Gasteiger partial charge in [0, 0.05) is 13.0 Å². The van der Waals surface area contributed by atoms with E-state index in [0.717, 1.165) is 43.4 Å². The molecule has 4 nitrogen and oxygen atoms in total. The number of hydrogen-bond acceptors (Lipinski definition) is 2. The molecule has 4 bridgehead atoms. The molecule has 0 saturated heterocycles. The van der Waals surface area contributed by atoms with Gasteiger partial charge in [0.15, 0.2) is 0 Å². The molecule has 0 unspecified atom stereocenters. The molecule has 134 valence electrons. The maximum Gasteiger partial charge on any atom is 0.306 e. The zero-order valence-electron chi connectivity index (χ0n) is 14.6. The molecule has 0 aliphatic heterocycles. The molecule has 0 spiro atoms. The number of amides is 1. The Hall–Kier alpha value is -1.06. The molecule has 0 aromatic rings. The van der Waals surface area contributed by atoms with Gasteiger partial charge in [-0.05, 0) is 80.5 Å². The zero-order chi connectivity index (χ0) is 16.7. The van der Waals surface area contributed by atoms with Crippen LogP contribution in [-0.2, 0) is 9.59 Å². The Morgan fingerprint density at radius 1 is 0.958 bits per heavy atom. The fourth-order valence-corrected chi connectivity index (χ4v) is 6.93. The molecule has 24 heavy (non-hydrogen) atoms. The van der Waals surface area contributed by atoms with Crippen LogP contribution >= 0.6 is 0 Å². The lowest BCUT2D eigenvalue weighted by atomic mass is 9.49. The Morgan fingerprint density at radius 2 is 1.54 bits per heavy atom. The smallest absolute Gasteiger partial charge is 0.306 e. The SMILES string of the molecule is O=C(CC12CC3CC(CC(C3)C1)C2)NC[C@@H]1CCCC[C@@H]1C(=O)O. The molecule has 5 aliphatic rings. The topological polar surface area (TPSA) is 66.4 Å². The van der Waals surface area contributed by atoms with Gasteiger partial charge in [-0.3, -0.25) is 9.59 Å². The number of carbonyl (C=O) groups excluding carboxylic acids is 1. The maximum absolute atomic E-state index is 12.6. The lowest BCUT2D eigenvalue weighted by Gasteiger charge is -2.56. The minimum atomic E-state index is -0.685. The van der Waals surface area contributed by atoms with Gasteiger partial charge >= 0.3 is 5.97 Å². The molecule has 0 heterocycles. The molecule has 1 amide bonds. The second-order valence-electron chi connectivity index (χ2n) is 9.39. The number of rotatable bonds is 5. The second kappa shape index (κ2) is 6.34. The molecular formula is C20H31NO3. The number of carboxylic acid groups (broad SMARTS) is 1. The third-order valence-corrected chi connectivity index (χ3v) is 7.49. The fourth-order valence-electron chi connectivity index (χ4n) is 6.93. The zero-order valence-corrected chi connectivity index (χ0v) is 14.6. The molecular weight excluding hydrogens is 302 g/mol. The number of carbonyl (C=O) groups is 2. The average Bonchev–Trinajstić information content (AvgIpc) is 2.51. The van der Waals surface area contributed by atoms with E-state index in [1.807, 2.05) is 0 Å². The van der Waals surface area contributed by atoms with Crippen molar-refractivity contribution in [2.45, 2.75) is 70.6 Å². The Morgan fingerprint density at radius 3 is 2.12 bits per heavy atom. The van der Waals surface area contributed by atoms with E-state index in [-0.39, 0.29) is 23.2 Å². The molecule has 5 saturated carbocycles. The van der Waals surface area contributed by atoms with E-state index in [0.29, 0.717) is 13.0 Å². The first kappa shape index (κ1) is 16.4. The second-order valence-corrected chi connectivity index (χ2v) is 9.39. The number of hydrogen-bond donors (Lipinski definition) is 2. The summed E-state index contributed by atoms with van der Waals surface area (Å²) in [6.45, 7) is 0.558. The molecule has 0 radical (unpaired) electrons. The van der Waals surface area contributed by atoms with E-state index in [9.17, 15) is 14.7 Å². The van der Waals surface area contributed by atoms with Gasteiger partial charge in [-0.25, -0.2) is 0 Å². The predicted molar refractivity (Wildman–Crippen MR) is 91.3 cm³/mol. The highest BCUT2D eigenvalue weighted by Gasteiger charge is 2.51. The third-order valence-electron chi connectivity index (χ3n) is 7.49. The van der Waals surface area contributed by atoms with Crippen LogP contribution in [0.2, 0.25) is 0 Å². The first-order valence-electron chi connectivity index (χ1n) is 10.0. The highest BCUT2D eigenvalue weighted by molar-refractivity contribution is 5.77. The summed E-state index contributed by atoms with van der Waals surface area (Å²) in [5, 5.41) is 12.5. The van der Waals surface area contributed by atoms with E-state index in [4.69, 9.17) is 0 Å². The fraction of sp³-hybridized carbons (Fsp3) is 0.900. The Bertz CT molecular complexity index is 480. The number of nitrogens with one attached hydrogen (secondary N) is 1. The Balaban J connectivity index is 1.31. The van der Waals surface area contributed by atoms with E-state index in [2.05, 4.69) is 5.32 Å². The number of aliphatic carboxylic acids is 1. The minimum Gasteiger partial charge on any atom is -0.481 e. The molecule has 2 atom stereocenters. The summed E-state index contributed by atoms with van der Waals surface area (Å²) in [7, 11) is 0. The quantitative estimate of drug-likeness (QED) is 0.808. The summed E-state index contributed by atoms with van der Waals surface area (Å²) in [6.07, 6.45) is 12.5. The average molecular weight is 333 g/mol. The lowest BCUT2D eigenvalue weighted by molar-refractivity contribution is -0.145. The summed E-state index contributed by atoms with van der Waals surface area (Å²) < 4.78 is 0. The highest BCUT2D eigenvalue weighted by atomic mass is 16.4. The van der Waals surface area contributed by atoms with Crippen molar-refractivity contribution in [2.24, 2.45) is 35.0 Å². The summed E-state index contributed by atoms with van der Waals surface area (Å²) in [4.78, 5) is 24.0. The Labute approximate surface area is 144 Å². The lowest BCUT2D eigenvalue weighted by Crippen LogP contribution is -2.48. The van der Waals surface area contributed by atoms with Crippen molar-refractivity contribution in [2.75, 3.05) is 6.54 Å². The van der Waals surface area contributed by atoms with Crippen molar-refractivity contribution >= 4 is 11.9 Å². The summed E-state index contributed by atoms with van der Waals surface area (Å²) in [5.41, 5.74) is 0.275. The van der Waals surface area contributed by atoms with Gasteiger partial charge in [0.05, 0.1) is 5.92 Å². The van der Waals surface area contributed by atoms with E-state index in [1.54, 1.807) is 0 Å². The Kier molecular flexibility index (Phi) is 4.34. The summed E-state index contributed by atoms with van der Waals surface area (Å²) in [6, 6.07) is 0. The standard InChI is InChI=1S/C20H31NO3/c22-18(21-12-16-3-1-2-4-17(16)19(23)24)11-20-8-13-5-14(9-20)7-15(6-13)10-20/h13-17H,1-12H2,(H,21,22)(H,23,24)/t13?,14?,15?,16-,17-,20?/m0/s1. The van der Waals surface area contributed by atoms with Gasteiger partial charge in [-0.2, -0.15) is 0 Å². The van der Waals surface area contributed by atoms with E-state index in [1.165, 1.54) is 38.5 Å². The molecule has 5 aliphatic carbocycles. The summed E-state index contributed by atoms with van der Waals surface area (Å²) >= 11 is 0. The van der Waals surface area contributed by atoms with Crippen molar-refractivity contribution in [3.63, 3.8) is 0 Å². The van der Waals surface area contributed by atoms with E-state index < -0.39 is 5.97 Å². The molecule has 0 aromatic heterocycles. The van der Waals surface area contributed by atoms with Crippen LogP contribution in [-0.4, -0.2) is 23.5 Å². The van der Waals surface area contributed by atoms with Crippen LogP contribution in [0.4, 0.5) is 0 Å². The monoisotopic (exact) mass is 333 g/mol. The van der Waals surface area contributed by atoms with Crippen LogP contribution in [0.25, 0.3) is 0 Å². The van der Waals surface area contributed by atoms with Crippen LogP contribution in [0.3, 0.4) is 0 Å². The molecule has 5 fully saturated rings. The normalized spacial score (nSPS) is 43.6. The maximum atomic E-state index is 12.6. The minimum absolute atomic E-state index is 0.122. The van der Waals surface area contributed by atoms with Crippen molar-refractivity contribution in [1.82, 2.24) is 5.32 Å². The van der Waals surface area contributed by atoms with Gasteiger partial charge in [0.25, 0.3) is 0 Å². The van der Waals surface area contributed by atoms with Gasteiger partial charge in [0.1, 0.15) is 0 Å². The van der Waals surface area contributed by atoms with E-state index >= 15 is 0 Å². The van der Waals surface area contributed by atoms with Gasteiger partial charge in [0.2, 0.25) is 5.91 Å². The first-order valence-corrected chi connectivity index (χ1v) is 10.0. The largest absolute Gasteiger partial charge is 0.481 e. The highest BCUT2D eigenvalue weighted by Crippen LogP contribution is 2.61. The van der Waals surface area contributed by atoms with Crippen LogP contribution in [0.1, 0.15) is 70.6 Å². The molecule has 4 heteroatoms. The third kappa shape index (κ3) is 3.21. The summed E-state index contributed by atoms with van der Waals surface area (Å²) in [5.74, 6) is 1.97. The van der Waals surface area contributed by atoms with Crippen LogP contribution in [0.5, 0.6) is 0 Å². The van der Waals surface area contributed by atoms with Gasteiger partial charge in [-0.15, -0.1) is 0 Å². The van der Waals surface area contributed by atoms with Crippen molar-refractivity contribution in [1.29, 1.82) is 0 Å². The predicted octanol–water partition coefficient (Wildman–Crippen LogP) is 3.60. The van der Waals surface area contributed by atoms with Crippen molar-refractivity contribution in [3.8, 4) is 0 Å². The van der Waals surface area contributed by atoms with Gasteiger partial charge in [-0.1, -0.05) is 12.8 Å². The van der Waals surface area contributed by atoms with Crippen molar-refractivity contribution < 1.29 is 14.7 Å². The van der Waals surface area contributed by atoms with Crippen molar-refractivity contribution in [3.05, 3.63) is 0 Å². The first-order chi connectivity index (χ1) is 11.5. The molecule has 2 N–H and O–H groups in total. The molecule has 0 aromatic carbocycles. The van der Waals surface area contributed by atoms with Crippen LogP contribution in [0, 0.1) is 35.0 Å². The van der Waals surface area contributed by atoms with Crippen LogP contribution in [0.15, 0.2) is 0 Å². The van der Waals surface area contributed by atoms with Gasteiger partial charge < -0.3 is 10.4 Å². The van der Waals surface area contributed by atoms with Crippen LogP contribution < -0.4 is 5.32 Å². The molecule has 5 rings (SSSR count). The number of carboxylic acids is 1.